The van der Waals surface area contributed by atoms with Crippen molar-refractivity contribution in [1.29, 1.82) is 0 Å². The number of piperidine rings is 1. The maximum atomic E-state index is 12.2. The van der Waals surface area contributed by atoms with E-state index in [9.17, 15) is 14.7 Å². The standard InChI is InChI=1S/C16H21NO5/c1-21-13-7-2-3-8-14(13)22-11-9-15(18)17-10-5-4-6-12(17)16(19)20/h2-3,7-8,12H,4-6,9-11H2,1H3,(H,19,20). The minimum absolute atomic E-state index is 0.155. The molecule has 1 fully saturated rings. The number of para-hydroxylation sites is 2. The lowest BCUT2D eigenvalue weighted by Gasteiger charge is -2.33. The Morgan fingerprint density at radius 3 is 2.68 bits per heavy atom. The molecule has 1 heterocycles. The fourth-order valence-corrected chi connectivity index (χ4v) is 2.62. The Kier molecular flexibility index (Phi) is 5.63. The number of hydrogen-bond donors (Lipinski definition) is 1. The molecule has 1 aromatic rings. The van der Waals surface area contributed by atoms with E-state index < -0.39 is 12.0 Å². The van der Waals surface area contributed by atoms with Crippen molar-refractivity contribution in [3.05, 3.63) is 24.3 Å². The van der Waals surface area contributed by atoms with Crippen LogP contribution in [0.3, 0.4) is 0 Å². The molecule has 0 saturated carbocycles. The molecule has 1 saturated heterocycles. The zero-order valence-corrected chi connectivity index (χ0v) is 12.7. The summed E-state index contributed by atoms with van der Waals surface area (Å²) < 4.78 is 10.7. The van der Waals surface area contributed by atoms with Crippen LogP contribution >= 0.6 is 0 Å². The van der Waals surface area contributed by atoms with Crippen LogP contribution in [0.4, 0.5) is 0 Å². The molecule has 0 bridgehead atoms. The lowest BCUT2D eigenvalue weighted by atomic mass is 10.0. The van der Waals surface area contributed by atoms with E-state index in [1.54, 1.807) is 19.2 Å². The molecular formula is C16H21NO5. The topological polar surface area (TPSA) is 76.1 Å². The van der Waals surface area contributed by atoms with E-state index in [-0.39, 0.29) is 18.9 Å². The van der Waals surface area contributed by atoms with Crippen LogP contribution in [-0.2, 0) is 9.59 Å². The van der Waals surface area contributed by atoms with Crippen molar-refractivity contribution >= 4 is 11.9 Å². The molecule has 1 aromatic carbocycles. The molecular weight excluding hydrogens is 286 g/mol. The van der Waals surface area contributed by atoms with Gasteiger partial charge in [0.2, 0.25) is 5.91 Å². The van der Waals surface area contributed by atoms with Gasteiger partial charge < -0.3 is 19.5 Å². The second kappa shape index (κ2) is 7.68. The van der Waals surface area contributed by atoms with Gasteiger partial charge >= 0.3 is 5.97 Å². The number of carbonyl (C=O) groups is 2. The average Bonchev–Trinajstić information content (AvgIpc) is 2.55. The number of amides is 1. The van der Waals surface area contributed by atoms with Crippen LogP contribution in [0.5, 0.6) is 11.5 Å². The normalized spacial score (nSPS) is 17.9. The third kappa shape index (κ3) is 3.90. The number of carboxylic acids is 1. The van der Waals surface area contributed by atoms with Crippen molar-refractivity contribution in [2.24, 2.45) is 0 Å². The van der Waals surface area contributed by atoms with Crippen molar-refractivity contribution in [3.63, 3.8) is 0 Å². The highest BCUT2D eigenvalue weighted by Crippen LogP contribution is 2.26. The van der Waals surface area contributed by atoms with Crippen molar-refractivity contribution < 1.29 is 24.2 Å². The van der Waals surface area contributed by atoms with Crippen LogP contribution in [0.1, 0.15) is 25.7 Å². The zero-order valence-electron chi connectivity index (χ0n) is 12.7. The number of likely N-dealkylation sites (tertiary alicyclic amines) is 1. The molecule has 1 amide bonds. The molecule has 6 nitrogen and oxygen atoms in total. The summed E-state index contributed by atoms with van der Waals surface area (Å²) in [6, 6.07) is 6.51. The summed E-state index contributed by atoms with van der Waals surface area (Å²) in [6.07, 6.45) is 2.37. The van der Waals surface area contributed by atoms with Crippen LogP contribution in [0.2, 0.25) is 0 Å². The van der Waals surface area contributed by atoms with Gasteiger partial charge in [-0.2, -0.15) is 0 Å². The summed E-state index contributed by atoms with van der Waals surface area (Å²) in [4.78, 5) is 24.9. The third-order valence-corrected chi connectivity index (χ3v) is 3.75. The lowest BCUT2D eigenvalue weighted by molar-refractivity contribution is -0.152. The summed E-state index contributed by atoms with van der Waals surface area (Å²) in [6.45, 7) is 0.701. The van der Waals surface area contributed by atoms with E-state index in [4.69, 9.17) is 9.47 Å². The molecule has 1 atom stereocenters. The van der Waals surface area contributed by atoms with Crippen molar-refractivity contribution in [2.75, 3.05) is 20.3 Å². The molecule has 1 aliphatic rings. The first-order valence-electron chi connectivity index (χ1n) is 7.41. The van der Waals surface area contributed by atoms with Gasteiger partial charge in [0.1, 0.15) is 6.04 Å². The van der Waals surface area contributed by atoms with E-state index in [0.29, 0.717) is 24.5 Å². The second-order valence-corrected chi connectivity index (χ2v) is 5.19. The first-order valence-corrected chi connectivity index (χ1v) is 7.41. The lowest BCUT2D eigenvalue weighted by Crippen LogP contribution is -2.48. The molecule has 1 unspecified atom stereocenters. The Hall–Kier alpha value is -2.24. The van der Waals surface area contributed by atoms with Gasteiger partial charge in [0, 0.05) is 6.54 Å². The predicted octanol–water partition coefficient (Wildman–Crippen LogP) is 1.93. The summed E-state index contributed by atoms with van der Waals surface area (Å²) in [5.74, 6) is 0.0725. The van der Waals surface area contributed by atoms with Gasteiger partial charge in [0.15, 0.2) is 11.5 Å². The summed E-state index contributed by atoms with van der Waals surface area (Å²) in [5.41, 5.74) is 0. The van der Waals surface area contributed by atoms with Crippen LogP contribution in [0.25, 0.3) is 0 Å². The first-order chi connectivity index (χ1) is 10.6. The highest BCUT2D eigenvalue weighted by atomic mass is 16.5. The van der Waals surface area contributed by atoms with Crippen molar-refractivity contribution in [2.45, 2.75) is 31.7 Å². The predicted molar refractivity (Wildman–Crippen MR) is 80.1 cm³/mol. The Bertz CT molecular complexity index is 531. The van der Waals surface area contributed by atoms with E-state index in [2.05, 4.69) is 0 Å². The van der Waals surface area contributed by atoms with Crippen molar-refractivity contribution in [3.8, 4) is 11.5 Å². The number of nitrogens with zero attached hydrogens (tertiary/aromatic N) is 1. The smallest absolute Gasteiger partial charge is 0.326 e. The average molecular weight is 307 g/mol. The molecule has 0 spiro atoms. The zero-order chi connectivity index (χ0) is 15.9. The second-order valence-electron chi connectivity index (χ2n) is 5.19. The van der Waals surface area contributed by atoms with Gasteiger partial charge in [-0.3, -0.25) is 4.79 Å². The Balaban J connectivity index is 1.88. The van der Waals surface area contributed by atoms with Crippen LogP contribution in [-0.4, -0.2) is 48.2 Å². The largest absolute Gasteiger partial charge is 0.493 e. The number of benzene rings is 1. The number of rotatable bonds is 6. The maximum Gasteiger partial charge on any atom is 0.326 e. The van der Waals surface area contributed by atoms with Gasteiger partial charge in [-0.25, -0.2) is 4.79 Å². The minimum atomic E-state index is -0.932. The molecule has 0 aromatic heterocycles. The third-order valence-electron chi connectivity index (χ3n) is 3.75. The number of carboxylic acid groups (broad SMARTS) is 1. The van der Waals surface area contributed by atoms with Crippen LogP contribution in [0.15, 0.2) is 24.3 Å². The minimum Gasteiger partial charge on any atom is -0.493 e. The fraction of sp³-hybridized carbons (Fsp3) is 0.500. The quantitative estimate of drug-likeness (QED) is 0.869. The van der Waals surface area contributed by atoms with Gasteiger partial charge in [0.05, 0.1) is 20.1 Å². The monoisotopic (exact) mass is 307 g/mol. The molecule has 0 radical (unpaired) electrons. The van der Waals surface area contributed by atoms with E-state index in [0.717, 1.165) is 12.8 Å². The number of carbonyl (C=O) groups excluding carboxylic acids is 1. The molecule has 120 valence electrons. The van der Waals surface area contributed by atoms with Gasteiger partial charge in [-0.1, -0.05) is 12.1 Å². The van der Waals surface area contributed by atoms with E-state index in [1.165, 1.54) is 4.90 Å². The number of methoxy groups -OCH3 is 1. The summed E-state index contributed by atoms with van der Waals surface area (Å²) in [5, 5.41) is 9.19. The summed E-state index contributed by atoms with van der Waals surface area (Å²) in [7, 11) is 1.55. The maximum absolute atomic E-state index is 12.2. The van der Waals surface area contributed by atoms with Crippen molar-refractivity contribution in [1.82, 2.24) is 4.90 Å². The molecule has 0 aliphatic carbocycles. The fourth-order valence-electron chi connectivity index (χ4n) is 2.62. The molecule has 22 heavy (non-hydrogen) atoms. The highest BCUT2D eigenvalue weighted by Gasteiger charge is 2.31. The molecule has 2 rings (SSSR count). The van der Waals surface area contributed by atoms with Crippen LogP contribution in [0, 0.1) is 0 Å². The number of aliphatic carboxylic acids is 1. The first kappa shape index (κ1) is 16.1. The van der Waals surface area contributed by atoms with Gasteiger partial charge in [-0.15, -0.1) is 0 Å². The Morgan fingerprint density at radius 1 is 1.27 bits per heavy atom. The van der Waals surface area contributed by atoms with E-state index >= 15 is 0 Å². The van der Waals surface area contributed by atoms with Gasteiger partial charge in [-0.05, 0) is 31.4 Å². The molecule has 6 heteroatoms. The van der Waals surface area contributed by atoms with Crippen LogP contribution < -0.4 is 9.47 Å². The molecule has 1 N–H and O–H groups in total. The highest BCUT2D eigenvalue weighted by molar-refractivity contribution is 5.83. The molecule has 1 aliphatic heterocycles. The van der Waals surface area contributed by atoms with Gasteiger partial charge in [0.25, 0.3) is 0 Å². The number of ether oxygens (including phenoxy) is 2. The number of hydrogen-bond acceptors (Lipinski definition) is 4. The Morgan fingerprint density at radius 2 is 2.00 bits per heavy atom. The Labute approximate surface area is 129 Å². The van der Waals surface area contributed by atoms with E-state index in [1.807, 2.05) is 12.1 Å². The SMILES string of the molecule is COc1ccccc1OCCC(=O)N1CCCCC1C(=O)O. The summed E-state index contributed by atoms with van der Waals surface area (Å²) >= 11 is 0.